The number of hydrogen-bond acceptors (Lipinski definition) is 4. The van der Waals surface area contributed by atoms with Gasteiger partial charge in [-0.05, 0) is 53.2 Å². The fraction of sp³-hybridized carbons (Fsp3) is 1.00. The van der Waals surface area contributed by atoms with Crippen molar-refractivity contribution in [1.29, 1.82) is 0 Å². The Balaban J connectivity index is 1.67. The zero-order valence-electron chi connectivity index (χ0n) is 12.9. The minimum atomic E-state index is 0.461. The van der Waals surface area contributed by atoms with Crippen LogP contribution < -0.4 is 5.32 Å². The molecule has 0 amide bonds. The van der Waals surface area contributed by atoms with Gasteiger partial charge >= 0.3 is 0 Å². The molecule has 0 radical (unpaired) electrons. The molecule has 0 aromatic heterocycles. The second-order valence-corrected chi connectivity index (χ2v) is 6.44. The van der Waals surface area contributed by atoms with Crippen LogP contribution in [0, 0.1) is 0 Å². The second kappa shape index (κ2) is 7.58. The summed E-state index contributed by atoms with van der Waals surface area (Å²) >= 11 is 0. The topological polar surface area (TPSA) is 27.7 Å². The van der Waals surface area contributed by atoms with Crippen LogP contribution in [0.4, 0.5) is 0 Å². The highest BCUT2D eigenvalue weighted by molar-refractivity contribution is 4.85. The first-order valence-electron chi connectivity index (χ1n) is 7.89. The van der Waals surface area contributed by atoms with Gasteiger partial charge in [-0.3, -0.25) is 4.90 Å². The maximum atomic E-state index is 5.65. The van der Waals surface area contributed by atoms with Crippen molar-refractivity contribution in [3.05, 3.63) is 0 Å². The maximum absolute atomic E-state index is 5.65. The van der Waals surface area contributed by atoms with Crippen molar-refractivity contribution in [3.8, 4) is 0 Å². The monoisotopic (exact) mass is 269 g/mol. The zero-order chi connectivity index (χ0) is 13.7. The molecule has 1 N–H and O–H groups in total. The molecule has 0 aromatic rings. The molecule has 3 unspecified atom stereocenters. The molecule has 0 aliphatic carbocycles. The molecule has 0 spiro atoms. The normalized spacial score (nSPS) is 30.3. The summed E-state index contributed by atoms with van der Waals surface area (Å²) in [5.41, 5.74) is 0. The molecule has 112 valence electrons. The van der Waals surface area contributed by atoms with Gasteiger partial charge in [0.05, 0.1) is 6.10 Å². The van der Waals surface area contributed by atoms with E-state index in [0.29, 0.717) is 12.1 Å². The van der Waals surface area contributed by atoms with Gasteiger partial charge in [0.25, 0.3) is 0 Å². The molecule has 2 saturated heterocycles. The third-order valence-corrected chi connectivity index (χ3v) is 4.40. The van der Waals surface area contributed by atoms with Gasteiger partial charge in [0.2, 0.25) is 0 Å². The average molecular weight is 269 g/mol. The minimum absolute atomic E-state index is 0.461. The standard InChI is InChI=1S/C15H31N3O/c1-13(10-16-11-15-7-5-9-19-15)18-8-4-6-14(18)12-17(2)3/h13-16H,4-12H2,1-3H3. The summed E-state index contributed by atoms with van der Waals surface area (Å²) in [6.45, 7) is 7.88. The van der Waals surface area contributed by atoms with E-state index >= 15 is 0 Å². The van der Waals surface area contributed by atoms with Gasteiger partial charge in [-0.15, -0.1) is 0 Å². The first-order chi connectivity index (χ1) is 9.16. The lowest BCUT2D eigenvalue weighted by molar-refractivity contribution is 0.105. The van der Waals surface area contributed by atoms with Gasteiger partial charge in [-0.2, -0.15) is 0 Å². The Hall–Kier alpha value is -0.160. The lowest BCUT2D eigenvalue weighted by Gasteiger charge is -2.32. The van der Waals surface area contributed by atoms with Crippen molar-refractivity contribution in [2.45, 2.75) is 50.8 Å². The van der Waals surface area contributed by atoms with Crippen molar-refractivity contribution < 1.29 is 4.74 Å². The Kier molecular flexibility index (Phi) is 6.07. The summed E-state index contributed by atoms with van der Waals surface area (Å²) in [4.78, 5) is 5.00. The Morgan fingerprint density at radius 2 is 2.16 bits per heavy atom. The quantitative estimate of drug-likeness (QED) is 0.751. The number of hydrogen-bond donors (Lipinski definition) is 1. The van der Waals surface area contributed by atoms with Crippen molar-refractivity contribution in [2.75, 3.05) is 46.9 Å². The predicted molar refractivity (Wildman–Crippen MR) is 79.6 cm³/mol. The highest BCUT2D eigenvalue weighted by Gasteiger charge is 2.28. The lowest BCUT2D eigenvalue weighted by Crippen LogP contribution is -2.47. The van der Waals surface area contributed by atoms with E-state index in [9.17, 15) is 0 Å². The molecule has 2 heterocycles. The molecule has 0 saturated carbocycles. The lowest BCUT2D eigenvalue weighted by atomic mass is 10.2. The van der Waals surface area contributed by atoms with Gasteiger partial charge in [-0.1, -0.05) is 0 Å². The van der Waals surface area contributed by atoms with Crippen LogP contribution in [-0.2, 0) is 4.74 Å². The number of likely N-dealkylation sites (N-methyl/N-ethyl adjacent to an activating group) is 1. The van der Waals surface area contributed by atoms with E-state index in [1.54, 1.807) is 0 Å². The molecule has 0 aromatic carbocycles. The summed E-state index contributed by atoms with van der Waals surface area (Å²) in [6.07, 6.45) is 5.64. The van der Waals surface area contributed by atoms with E-state index in [1.165, 1.54) is 38.8 Å². The Morgan fingerprint density at radius 3 is 2.84 bits per heavy atom. The van der Waals surface area contributed by atoms with Crippen molar-refractivity contribution in [1.82, 2.24) is 15.1 Å². The number of nitrogens with zero attached hydrogens (tertiary/aromatic N) is 2. The summed E-state index contributed by atoms with van der Waals surface area (Å²) < 4.78 is 5.65. The summed E-state index contributed by atoms with van der Waals surface area (Å²) in [6, 6.07) is 1.38. The molecule has 3 atom stereocenters. The number of nitrogens with one attached hydrogen (secondary N) is 1. The van der Waals surface area contributed by atoms with Crippen molar-refractivity contribution in [2.24, 2.45) is 0 Å². The minimum Gasteiger partial charge on any atom is -0.377 e. The second-order valence-electron chi connectivity index (χ2n) is 6.44. The molecule has 4 heteroatoms. The molecule has 19 heavy (non-hydrogen) atoms. The highest BCUT2D eigenvalue weighted by Crippen LogP contribution is 2.20. The number of ether oxygens (including phenoxy) is 1. The molecule has 2 aliphatic rings. The third-order valence-electron chi connectivity index (χ3n) is 4.40. The van der Waals surface area contributed by atoms with Crippen LogP contribution in [0.15, 0.2) is 0 Å². The fourth-order valence-corrected chi connectivity index (χ4v) is 3.43. The Labute approximate surface area is 118 Å². The molecule has 2 rings (SSSR count). The summed E-state index contributed by atoms with van der Waals surface area (Å²) in [5, 5.41) is 3.60. The van der Waals surface area contributed by atoms with Gasteiger partial charge in [0.1, 0.15) is 0 Å². The zero-order valence-corrected chi connectivity index (χ0v) is 12.9. The van der Waals surface area contributed by atoms with Gasteiger partial charge < -0.3 is 15.0 Å². The van der Waals surface area contributed by atoms with E-state index in [4.69, 9.17) is 4.74 Å². The first-order valence-corrected chi connectivity index (χ1v) is 7.89. The average Bonchev–Trinajstić information content (AvgIpc) is 2.99. The molecular formula is C15H31N3O. The molecule has 2 aliphatic heterocycles. The van der Waals surface area contributed by atoms with Gasteiger partial charge in [-0.25, -0.2) is 0 Å². The van der Waals surface area contributed by atoms with Crippen LogP contribution in [0.25, 0.3) is 0 Å². The van der Waals surface area contributed by atoms with Gasteiger partial charge in [0.15, 0.2) is 0 Å². The smallest absolute Gasteiger partial charge is 0.0700 e. The van der Waals surface area contributed by atoms with Gasteiger partial charge in [0, 0.05) is 38.3 Å². The number of likely N-dealkylation sites (tertiary alicyclic amines) is 1. The molecule has 2 fully saturated rings. The summed E-state index contributed by atoms with van der Waals surface area (Å²) in [5.74, 6) is 0. The van der Waals surface area contributed by atoms with Crippen molar-refractivity contribution >= 4 is 0 Å². The van der Waals surface area contributed by atoms with Crippen LogP contribution in [0.5, 0.6) is 0 Å². The van der Waals surface area contributed by atoms with E-state index in [0.717, 1.165) is 25.7 Å². The van der Waals surface area contributed by atoms with Crippen LogP contribution in [0.3, 0.4) is 0 Å². The molecule has 0 bridgehead atoms. The Morgan fingerprint density at radius 1 is 1.32 bits per heavy atom. The van der Waals surface area contributed by atoms with Crippen LogP contribution in [0.1, 0.15) is 32.6 Å². The largest absolute Gasteiger partial charge is 0.377 e. The highest BCUT2D eigenvalue weighted by atomic mass is 16.5. The molecular weight excluding hydrogens is 238 g/mol. The van der Waals surface area contributed by atoms with Crippen LogP contribution >= 0.6 is 0 Å². The maximum Gasteiger partial charge on any atom is 0.0700 e. The number of rotatable bonds is 7. The van der Waals surface area contributed by atoms with E-state index in [1.807, 2.05) is 0 Å². The summed E-state index contributed by atoms with van der Waals surface area (Å²) in [7, 11) is 4.35. The van der Waals surface area contributed by atoms with Crippen LogP contribution in [0.2, 0.25) is 0 Å². The van der Waals surface area contributed by atoms with E-state index in [2.05, 4.69) is 36.1 Å². The van der Waals surface area contributed by atoms with E-state index in [-0.39, 0.29) is 0 Å². The third kappa shape index (κ3) is 4.71. The van der Waals surface area contributed by atoms with E-state index < -0.39 is 0 Å². The predicted octanol–water partition coefficient (Wildman–Crippen LogP) is 1.17. The van der Waals surface area contributed by atoms with Crippen LogP contribution in [-0.4, -0.2) is 74.9 Å². The molecule has 4 nitrogen and oxygen atoms in total. The SMILES string of the molecule is CC(CNCC1CCCO1)N1CCCC1CN(C)C. The first kappa shape index (κ1) is 15.2. The van der Waals surface area contributed by atoms with Crippen molar-refractivity contribution in [3.63, 3.8) is 0 Å². The fourth-order valence-electron chi connectivity index (χ4n) is 3.43. The Bertz CT molecular complexity index is 254.